The highest BCUT2D eigenvalue weighted by atomic mass is 15.2. The Morgan fingerprint density at radius 3 is 3.00 bits per heavy atom. The summed E-state index contributed by atoms with van der Waals surface area (Å²) >= 11 is 0. The van der Waals surface area contributed by atoms with Gasteiger partial charge in [0.25, 0.3) is 0 Å². The SMILES string of the molecule is Cn1ccc(CC(N)C2C3CCc4ccccc4C32)n1. The number of benzene rings is 1. The molecule has 3 nitrogen and oxygen atoms in total. The molecule has 0 saturated heterocycles. The van der Waals surface area contributed by atoms with E-state index in [4.69, 9.17) is 5.73 Å². The van der Waals surface area contributed by atoms with Crippen molar-refractivity contribution < 1.29 is 0 Å². The van der Waals surface area contributed by atoms with Crippen molar-refractivity contribution in [1.82, 2.24) is 9.78 Å². The lowest BCUT2D eigenvalue weighted by Gasteiger charge is -2.13. The summed E-state index contributed by atoms with van der Waals surface area (Å²) in [6.45, 7) is 0. The van der Waals surface area contributed by atoms with Crippen LogP contribution in [-0.2, 0) is 19.9 Å². The lowest BCUT2D eigenvalue weighted by molar-refractivity contribution is 0.524. The summed E-state index contributed by atoms with van der Waals surface area (Å²) < 4.78 is 1.86. The largest absolute Gasteiger partial charge is 0.327 e. The third-order valence-corrected chi connectivity index (χ3v) is 5.10. The summed E-state index contributed by atoms with van der Waals surface area (Å²) in [5.74, 6) is 2.17. The number of hydrogen-bond donors (Lipinski definition) is 1. The maximum Gasteiger partial charge on any atom is 0.0640 e. The number of nitrogens with two attached hydrogens (primary N) is 1. The van der Waals surface area contributed by atoms with Gasteiger partial charge >= 0.3 is 0 Å². The second-order valence-corrected chi connectivity index (χ2v) is 6.35. The Kier molecular flexibility index (Phi) is 2.71. The molecule has 2 N–H and O–H groups in total. The van der Waals surface area contributed by atoms with Crippen molar-refractivity contribution >= 4 is 0 Å². The highest BCUT2D eigenvalue weighted by Crippen LogP contribution is 2.61. The number of rotatable bonds is 3. The van der Waals surface area contributed by atoms with Gasteiger partial charge in [-0.1, -0.05) is 24.3 Å². The van der Waals surface area contributed by atoms with Gasteiger partial charge in [0.2, 0.25) is 0 Å². The van der Waals surface area contributed by atoms with E-state index in [-0.39, 0.29) is 6.04 Å². The zero-order valence-corrected chi connectivity index (χ0v) is 11.9. The van der Waals surface area contributed by atoms with Crippen molar-refractivity contribution in [1.29, 1.82) is 0 Å². The Morgan fingerprint density at radius 1 is 1.35 bits per heavy atom. The summed E-state index contributed by atoms with van der Waals surface area (Å²) in [5.41, 5.74) is 10.7. The standard InChI is InChI=1S/C17H21N3/c1-20-9-8-12(19-20)10-15(18)17-14-7-6-11-4-2-3-5-13(11)16(14)17/h2-5,8-9,14-17H,6-7,10,18H2,1H3. The molecule has 1 aromatic heterocycles. The van der Waals surface area contributed by atoms with E-state index >= 15 is 0 Å². The van der Waals surface area contributed by atoms with Crippen molar-refractivity contribution in [3.63, 3.8) is 0 Å². The molecule has 3 heteroatoms. The second kappa shape index (κ2) is 4.45. The average Bonchev–Trinajstić information content (AvgIpc) is 3.08. The summed E-state index contributed by atoms with van der Waals surface area (Å²) in [7, 11) is 1.96. The second-order valence-electron chi connectivity index (χ2n) is 6.35. The van der Waals surface area contributed by atoms with Gasteiger partial charge in [-0.25, -0.2) is 0 Å². The van der Waals surface area contributed by atoms with E-state index < -0.39 is 0 Å². The zero-order valence-electron chi connectivity index (χ0n) is 11.9. The number of aryl methyl sites for hydroxylation is 2. The quantitative estimate of drug-likeness (QED) is 0.927. The molecule has 0 bridgehead atoms. The van der Waals surface area contributed by atoms with Crippen LogP contribution in [-0.4, -0.2) is 15.8 Å². The first-order valence-corrected chi connectivity index (χ1v) is 7.56. The number of nitrogens with zero attached hydrogens (tertiary/aromatic N) is 2. The predicted octanol–water partition coefficient (Wildman–Crippen LogP) is 2.27. The minimum absolute atomic E-state index is 0.242. The molecule has 2 aliphatic rings. The molecule has 4 rings (SSSR count). The monoisotopic (exact) mass is 267 g/mol. The van der Waals surface area contributed by atoms with Gasteiger partial charge in [-0.05, 0) is 47.8 Å². The van der Waals surface area contributed by atoms with E-state index in [2.05, 4.69) is 35.4 Å². The first-order chi connectivity index (χ1) is 9.74. The molecule has 2 aliphatic carbocycles. The molecule has 4 unspecified atom stereocenters. The third-order valence-electron chi connectivity index (χ3n) is 5.10. The minimum atomic E-state index is 0.242. The zero-order chi connectivity index (χ0) is 13.7. The first-order valence-electron chi connectivity index (χ1n) is 7.56. The first kappa shape index (κ1) is 12.2. The average molecular weight is 267 g/mol. The van der Waals surface area contributed by atoms with Gasteiger partial charge in [-0.15, -0.1) is 0 Å². The molecule has 4 atom stereocenters. The lowest BCUT2D eigenvalue weighted by Crippen LogP contribution is -2.27. The summed E-state index contributed by atoms with van der Waals surface area (Å²) in [4.78, 5) is 0. The molecule has 1 aromatic carbocycles. The van der Waals surface area contributed by atoms with E-state index in [1.54, 1.807) is 11.1 Å². The predicted molar refractivity (Wildman–Crippen MR) is 79.4 cm³/mol. The molecule has 20 heavy (non-hydrogen) atoms. The maximum atomic E-state index is 6.49. The van der Waals surface area contributed by atoms with E-state index in [9.17, 15) is 0 Å². The van der Waals surface area contributed by atoms with E-state index in [1.807, 2.05) is 17.9 Å². The molecular weight excluding hydrogens is 246 g/mol. The smallest absolute Gasteiger partial charge is 0.0640 e. The van der Waals surface area contributed by atoms with Crippen molar-refractivity contribution in [2.45, 2.75) is 31.2 Å². The molecule has 1 saturated carbocycles. The highest BCUT2D eigenvalue weighted by molar-refractivity contribution is 5.40. The lowest BCUT2D eigenvalue weighted by atomic mass is 9.92. The van der Waals surface area contributed by atoms with Crippen LogP contribution in [0.25, 0.3) is 0 Å². The molecule has 1 heterocycles. The number of hydrogen-bond acceptors (Lipinski definition) is 2. The van der Waals surface area contributed by atoms with Crippen molar-refractivity contribution in [3.8, 4) is 0 Å². The normalized spacial score (nSPS) is 28.6. The molecule has 104 valence electrons. The Balaban J connectivity index is 1.52. The Hall–Kier alpha value is -1.61. The van der Waals surface area contributed by atoms with Crippen LogP contribution in [0.15, 0.2) is 36.5 Å². The molecule has 0 aliphatic heterocycles. The van der Waals surface area contributed by atoms with Crippen LogP contribution in [0.4, 0.5) is 0 Å². The molecule has 0 radical (unpaired) electrons. The highest BCUT2D eigenvalue weighted by Gasteiger charge is 2.55. The van der Waals surface area contributed by atoms with Crippen molar-refractivity contribution in [2.24, 2.45) is 24.6 Å². The summed E-state index contributed by atoms with van der Waals surface area (Å²) in [5, 5.41) is 4.46. The summed E-state index contributed by atoms with van der Waals surface area (Å²) in [6, 6.07) is 11.2. The minimum Gasteiger partial charge on any atom is -0.327 e. The van der Waals surface area contributed by atoms with Crippen LogP contribution >= 0.6 is 0 Å². The maximum absolute atomic E-state index is 6.49. The van der Waals surface area contributed by atoms with Crippen LogP contribution < -0.4 is 5.73 Å². The number of aromatic nitrogens is 2. The summed E-state index contributed by atoms with van der Waals surface area (Å²) in [6.07, 6.45) is 5.43. The molecule has 0 spiro atoms. The van der Waals surface area contributed by atoms with Gasteiger partial charge in [-0.2, -0.15) is 5.10 Å². The third kappa shape index (κ3) is 1.88. The van der Waals surface area contributed by atoms with E-state index in [0.29, 0.717) is 11.8 Å². The van der Waals surface area contributed by atoms with Gasteiger partial charge in [0.1, 0.15) is 0 Å². The molecule has 0 amide bonds. The van der Waals surface area contributed by atoms with Crippen LogP contribution in [0.5, 0.6) is 0 Å². The van der Waals surface area contributed by atoms with Gasteiger partial charge in [0, 0.05) is 25.7 Å². The Bertz CT molecular complexity index is 631. The Morgan fingerprint density at radius 2 is 2.20 bits per heavy atom. The molecule has 2 aromatic rings. The van der Waals surface area contributed by atoms with Crippen molar-refractivity contribution in [3.05, 3.63) is 53.3 Å². The van der Waals surface area contributed by atoms with Crippen molar-refractivity contribution in [2.75, 3.05) is 0 Å². The van der Waals surface area contributed by atoms with Crippen LogP contribution in [0, 0.1) is 11.8 Å². The van der Waals surface area contributed by atoms with Crippen LogP contribution in [0.2, 0.25) is 0 Å². The molecular formula is C17H21N3. The Labute approximate surface area is 119 Å². The van der Waals surface area contributed by atoms with Gasteiger partial charge < -0.3 is 5.73 Å². The fraction of sp³-hybridized carbons (Fsp3) is 0.471. The van der Waals surface area contributed by atoms with Crippen LogP contribution in [0.1, 0.15) is 29.2 Å². The molecule has 1 fully saturated rings. The van der Waals surface area contributed by atoms with Crippen LogP contribution in [0.3, 0.4) is 0 Å². The fourth-order valence-electron chi connectivity index (χ4n) is 4.15. The topological polar surface area (TPSA) is 43.8 Å². The fourth-order valence-corrected chi connectivity index (χ4v) is 4.15. The van der Waals surface area contributed by atoms with Gasteiger partial charge in [-0.3, -0.25) is 4.68 Å². The van der Waals surface area contributed by atoms with E-state index in [1.165, 1.54) is 12.8 Å². The number of fused-ring (bicyclic) bond motifs is 3. The van der Waals surface area contributed by atoms with E-state index in [0.717, 1.165) is 18.0 Å². The van der Waals surface area contributed by atoms with Gasteiger partial charge in [0.05, 0.1) is 5.69 Å². The van der Waals surface area contributed by atoms with Gasteiger partial charge in [0.15, 0.2) is 0 Å².